The fourth-order valence-electron chi connectivity index (χ4n) is 2.76. The molecule has 2 rings (SSSR count). The molecule has 0 atom stereocenters. The zero-order valence-corrected chi connectivity index (χ0v) is 13.1. The fourth-order valence-corrected chi connectivity index (χ4v) is 3.98. The van der Waals surface area contributed by atoms with Crippen LogP contribution in [0.15, 0.2) is 18.2 Å². The lowest BCUT2D eigenvalue weighted by Gasteiger charge is -2.22. The van der Waals surface area contributed by atoms with E-state index in [1.807, 2.05) is 32.0 Å². The number of nitrogens with one attached hydrogen (secondary N) is 2. The molecule has 0 radical (unpaired) electrons. The molecule has 4 nitrogen and oxygen atoms in total. The van der Waals surface area contributed by atoms with E-state index >= 15 is 0 Å². The van der Waals surface area contributed by atoms with E-state index in [0.717, 1.165) is 43.5 Å². The molecule has 0 bridgehead atoms. The van der Waals surface area contributed by atoms with Crippen LogP contribution in [-0.2, 0) is 10.0 Å². The van der Waals surface area contributed by atoms with E-state index in [9.17, 15) is 8.42 Å². The Bertz CT molecular complexity index is 529. The van der Waals surface area contributed by atoms with Crippen molar-refractivity contribution in [3.8, 4) is 0 Å². The van der Waals surface area contributed by atoms with Crippen molar-refractivity contribution in [2.45, 2.75) is 33.1 Å². The van der Waals surface area contributed by atoms with Gasteiger partial charge in [0.25, 0.3) is 0 Å². The van der Waals surface area contributed by atoms with Gasteiger partial charge in [-0.15, -0.1) is 0 Å². The third-order valence-corrected chi connectivity index (χ3v) is 5.07. The lowest BCUT2D eigenvalue weighted by molar-refractivity contribution is 0.365. The smallest absolute Gasteiger partial charge is 0.232 e. The Morgan fingerprint density at radius 3 is 2.35 bits per heavy atom. The number of benzene rings is 1. The van der Waals surface area contributed by atoms with E-state index < -0.39 is 10.0 Å². The topological polar surface area (TPSA) is 58.2 Å². The summed E-state index contributed by atoms with van der Waals surface area (Å²) in [5.41, 5.74) is 2.81. The molecule has 2 N–H and O–H groups in total. The number of anilines is 1. The lowest BCUT2D eigenvalue weighted by atomic mass is 9.96. The molecule has 1 heterocycles. The van der Waals surface area contributed by atoms with Crippen LogP contribution in [0.5, 0.6) is 0 Å². The quantitative estimate of drug-likeness (QED) is 0.877. The van der Waals surface area contributed by atoms with Crippen molar-refractivity contribution in [1.82, 2.24) is 5.32 Å². The largest absolute Gasteiger partial charge is 0.317 e. The third kappa shape index (κ3) is 4.80. The predicted molar refractivity (Wildman–Crippen MR) is 83.5 cm³/mol. The summed E-state index contributed by atoms with van der Waals surface area (Å²) < 4.78 is 27.0. The Hall–Kier alpha value is -1.07. The Morgan fingerprint density at radius 2 is 1.75 bits per heavy atom. The van der Waals surface area contributed by atoms with Crippen molar-refractivity contribution in [2.75, 3.05) is 23.6 Å². The van der Waals surface area contributed by atoms with Gasteiger partial charge in [-0.25, -0.2) is 8.42 Å². The highest BCUT2D eigenvalue weighted by Crippen LogP contribution is 2.19. The number of piperidine rings is 1. The Labute approximate surface area is 122 Å². The average Bonchev–Trinajstić information content (AvgIpc) is 2.36. The molecule has 20 heavy (non-hydrogen) atoms. The first-order valence-electron chi connectivity index (χ1n) is 7.24. The van der Waals surface area contributed by atoms with Gasteiger partial charge in [0.15, 0.2) is 0 Å². The summed E-state index contributed by atoms with van der Waals surface area (Å²) in [6.07, 6.45) is 2.92. The van der Waals surface area contributed by atoms with Crippen LogP contribution in [-0.4, -0.2) is 27.3 Å². The molecular formula is C15H24N2O2S. The molecular weight excluding hydrogens is 272 g/mol. The molecule has 0 aromatic heterocycles. The molecule has 1 aromatic carbocycles. The van der Waals surface area contributed by atoms with Crippen LogP contribution < -0.4 is 10.0 Å². The summed E-state index contributed by atoms with van der Waals surface area (Å²) in [6.45, 7) is 5.96. The van der Waals surface area contributed by atoms with Gasteiger partial charge >= 0.3 is 0 Å². The van der Waals surface area contributed by atoms with Gasteiger partial charge in [-0.2, -0.15) is 0 Å². The second-order valence-electron chi connectivity index (χ2n) is 5.78. The first kappa shape index (κ1) is 15.3. The molecule has 0 aliphatic carbocycles. The summed E-state index contributed by atoms with van der Waals surface area (Å²) >= 11 is 0. The van der Waals surface area contributed by atoms with Crippen LogP contribution in [0.2, 0.25) is 0 Å². The van der Waals surface area contributed by atoms with Gasteiger partial charge in [0, 0.05) is 5.69 Å². The second kappa shape index (κ2) is 6.59. The van der Waals surface area contributed by atoms with E-state index in [-0.39, 0.29) is 5.75 Å². The molecule has 1 aromatic rings. The van der Waals surface area contributed by atoms with Gasteiger partial charge in [-0.3, -0.25) is 4.72 Å². The monoisotopic (exact) mass is 296 g/mol. The van der Waals surface area contributed by atoms with Gasteiger partial charge in [0.2, 0.25) is 10.0 Å². The SMILES string of the molecule is Cc1cc(C)cc(NS(=O)(=O)CCC2CCNCC2)c1. The molecule has 0 spiro atoms. The van der Waals surface area contributed by atoms with E-state index in [4.69, 9.17) is 0 Å². The van der Waals surface area contributed by atoms with Crippen molar-refractivity contribution in [2.24, 2.45) is 5.92 Å². The maximum absolute atomic E-state index is 12.1. The predicted octanol–water partition coefficient (Wildman–Crippen LogP) is 2.43. The molecule has 0 unspecified atom stereocenters. The molecule has 0 saturated carbocycles. The maximum Gasteiger partial charge on any atom is 0.232 e. The van der Waals surface area contributed by atoms with Crippen molar-refractivity contribution in [1.29, 1.82) is 0 Å². The molecule has 1 aliphatic rings. The highest BCUT2D eigenvalue weighted by atomic mass is 32.2. The van der Waals surface area contributed by atoms with Crippen LogP contribution in [0.4, 0.5) is 5.69 Å². The van der Waals surface area contributed by atoms with Crippen LogP contribution in [0.25, 0.3) is 0 Å². The van der Waals surface area contributed by atoms with Crippen LogP contribution in [0.1, 0.15) is 30.4 Å². The van der Waals surface area contributed by atoms with Gasteiger partial charge in [-0.05, 0) is 75.4 Å². The average molecular weight is 296 g/mol. The Kier molecular flexibility index (Phi) is 5.05. The molecule has 1 saturated heterocycles. The van der Waals surface area contributed by atoms with E-state index in [2.05, 4.69) is 10.0 Å². The second-order valence-corrected chi connectivity index (χ2v) is 7.62. The Morgan fingerprint density at radius 1 is 1.15 bits per heavy atom. The minimum absolute atomic E-state index is 0.213. The van der Waals surface area contributed by atoms with Crippen LogP contribution in [0.3, 0.4) is 0 Å². The lowest BCUT2D eigenvalue weighted by Crippen LogP contribution is -2.29. The first-order chi connectivity index (χ1) is 9.44. The number of hydrogen-bond donors (Lipinski definition) is 2. The Balaban J connectivity index is 1.92. The van der Waals surface area contributed by atoms with Crippen molar-refractivity contribution >= 4 is 15.7 Å². The van der Waals surface area contributed by atoms with Crippen molar-refractivity contribution in [3.05, 3.63) is 29.3 Å². The van der Waals surface area contributed by atoms with Gasteiger partial charge in [-0.1, -0.05) is 6.07 Å². The highest BCUT2D eigenvalue weighted by molar-refractivity contribution is 7.92. The van der Waals surface area contributed by atoms with E-state index in [0.29, 0.717) is 11.6 Å². The van der Waals surface area contributed by atoms with Gasteiger partial charge in [0.05, 0.1) is 5.75 Å². The minimum atomic E-state index is -3.24. The number of aryl methyl sites for hydroxylation is 2. The number of rotatable bonds is 5. The van der Waals surface area contributed by atoms with E-state index in [1.54, 1.807) is 0 Å². The highest BCUT2D eigenvalue weighted by Gasteiger charge is 2.17. The number of sulfonamides is 1. The van der Waals surface area contributed by atoms with Crippen molar-refractivity contribution < 1.29 is 8.42 Å². The summed E-state index contributed by atoms with van der Waals surface area (Å²) in [7, 11) is -3.24. The third-order valence-electron chi connectivity index (χ3n) is 3.75. The summed E-state index contributed by atoms with van der Waals surface area (Å²) in [5, 5.41) is 3.30. The summed E-state index contributed by atoms with van der Waals surface area (Å²) in [4.78, 5) is 0. The number of hydrogen-bond acceptors (Lipinski definition) is 3. The van der Waals surface area contributed by atoms with Crippen LogP contribution in [0, 0.1) is 19.8 Å². The molecule has 5 heteroatoms. The van der Waals surface area contributed by atoms with E-state index in [1.165, 1.54) is 0 Å². The first-order valence-corrected chi connectivity index (χ1v) is 8.89. The maximum atomic E-state index is 12.1. The summed E-state index contributed by atoms with van der Waals surface area (Å²) in [6, 6.07) is 5.77. The van der Waals surface area contributed by atoms with Crippen LogP contribution >= 0.6 is 0 Å². The molecule has 1 aliphatic heterocycles. The normalized spacial score (nSPS) is 17.1. The minimum Gasteiger partial charge on any atom is -0.317 e. The van der Waals surface area contributed by atoms with Crippen molar-refractivity contribution in [3.63, 3.8) is 0 Å². The molecule has 112 valence electrons. The fraction of sp³-hybridized carbons (Fsp3) is 0.600. The zero-order valence-electron chi connectivity index (χ0n) is 12.3. The van der Waals surface area contributed by atoms with Gasteiger partial charge < -0.3 is 5.32 Å². The molecule has 1 fully saturated rings. The zero-order chi connectivity index (χ0) is 14.6. The van der Waals surface area contributed by atoms with Gasteiger partial charge in [0.1, 0.15) is 0 Å². The summed E-state index contributed by atoms with van der Waals surface area (Å²) in [5.74, 6) is 0.747. The molecule has 0 amide bonds. The standard InChI is InChI=1S/C15H24N2O2S/c1-12-9-13(2)11-15(10-12)17-20(18,19)8-5-14-3-6-16-7-4-14/h9-11,14,16-17H,3-8H2,1-2H3.